The lowest BCUT2D eigenvalue weighted by Gasteiger charge is -2.38. The lowest BCUT2D eigenvalue weighted by Crippen LogP contribution is -2.49. The van der Waals surface area contributed by atoms with Gasteiger partial charge in [0.2, 0.25) is 0 Å². The number of methoxy groups -OCH3 is 1. The van der Waals surface area contributed by atoms with E-state index in [1.165, 1.54) is 11.1 Å². The van der Waals surface area contributed by atoms with Crippen molar-refractivity contribution in [3.8, 4) is 5.75 Å². The Morgan fingerprint density at radius 2 is 1.59 bits per heavy atom. The van der Waals surface area contributed by atoms with Crippen molar-refractivity contribution in [3.05, 3.63) is 89.7 Å². The molecule has 5 nitrogen and oxygen atoms in total. The number of likely N-dealkylation sites (tertiary alicyclic amines) is 1. The monoisotopic (exact) mass is 387 g/mol. The van der Waals surface area contributed by atoms with Crippen LogP contribution in [0.3, 0.4) is 0 Å². The van der Waals surface area contributed by atoms with Crippen LogP contribution in [0.4, 0.5) is 0 Å². The first-order chi connectivity index (χ1) is 14.2. The number of benzene rings is 2. The highest BCUT2D eigenvalue weighted by atomic mass is 16.5. The molecule has 0 radical (unpaired) electrons. The normalized spacial score (nSPS) is 21.1. The molecule has 0 N–H and O–H groups in total. The van der Waals surface area contributed by atoms with Crippen LogP contribution in [0.2, 0.25) is 0 Å². The average Bonchev–Trinajstić information content (AvgIpc) is 3.40. The lowest BCUT2D eigenvalue weighted by molar-refractivity contribution is 0.0556. The van der Waals surface area contributed by atoms with Gasteiger partial charge in [0.05, 0.1) is 19.2 Å². The fraction of sp³-hybridized carbons (Fsp3) is 0.292. The smallest absolute Gasteiger partial charge is 0.271 e. The maximum Gasteiger partial charge on any atom is 0.271 e. The van der Waals surface area contributed by atoms with Crippen molar-refractivity contribution in [3.63, 3.8) is 0 Å². The van der Waals surface area contributed by atoms with E-state index in [1.54, 1.807) is 7.11 Å². The van der Waals surface area contributed by atoms with Crippen molar-refractivity contribution in [2.45, 2.75) is 25.2 Å². The van der Waals surface area contributed by atoms with Crippen LogP contribution in [0.5, 0.6) is 5.75 Å². The molecule has 0 saturated carbocycles. The van der Waals surface area contributed by atoms with Gasteiger partial charge < -0.3 is 14.2 Å². The van der Waals surface area contributed by atoms with E-state index in [1.807, 2.05) is 42.5 Å². The van der Waals surface area contributed by atoms with E-state index in [-0.39, 0.29) is 11.9 Å². The molecule has 2 aliphatic heterocycles. The molecule has 0 unspecified atom stereocenters. The Kier molecular flexibility index (Phi) is 4.60. The fourth-order valence-corrected chi connectivity index (χ4v) is 4.68. The molecule has 0 aliphatic carbocycles. The zero-order valence-electron chi connectivity index (χ0n) is 16.6. The summed E-state index contributed by atoms with van der Waals surface area (Å²) in [5, 5.41) is 0. The standard InChI is InChI=1S/C24H25N3O2/c1-29-20-11-9-19(10-12-20)14-25-16-22-23(17-25)27(15-18-6-3-2-4-7-18)24(28)21-8-5-13-26(21)22/h2-13,22-23H,14-17H2,1H3/t22-,23+/m0/s1. The van der Waals surface area contributed by atoms with Crippen molar-refractivity contribution in [2.75, 3.05) is 20.2 Å². The SMILES string of the molecule is COc1ccc(CN2C[C@@H]3[C@H](C2)n2cccc2C(=O)N3Cc2ccccc2)cc1. The van der Waals surface area contributed by atoms with Crippen molar-refractivity contribution < 1.29 is 9.53 Å². The number of carbonyl (C=O) groups excluding carboxylic acids is 1. The van der Waals surface area contributed by atoms with Gasteiger partial charge in [-0.05, 0) is 35.4 Å². The highest BCUT2D eigenvalue weighted by Gasteiger charge is 2.44. The summed E-state index contributed by atoms with van der Waals surface area (Å²) in [6.07, 6.45) is 2.06. The van der Waals surface area contributed by atoms with Crippen LogP contribution in [-0.2, 0) is 13.1 Å². The second-order valence-corrected chi connectivity index (χ2v) is 7.90. The van der Waals surface area contributed by atoms with Gasteiger partial charge in [-0.3, -0.25) is 9.69 Å². The molecule has 1 aromatic heterocycles. The largest absolute Gasteiger partial charge is 0.497 e. The first kappa shape index (κ1) is 18.0. The van der Waals surface area contributed by atoms with Crippen molar-refractivity contribution in [1.29, 1.82) is 0 Å². The van der Waals surface area contributed by atoms with Gasteiger partial charge in [-0.15, -0.1) is 0 Å². The summed E-state index contributed by atoms with van der Waals surface area (Å²) in [6.45, 7) is 3.35. The molecular formula is C24H25N3O2. The second kappa shape index (κ2) is 7.41. The number of rotatable bonds is 5. The van der Waals surface area contributed by atoms with Gasteiger partial charge in [-0.25, -0.2) is 0 Å². The van der Waals surface area contributed by atoms with Crippen LogP contribution >= 0.6 is 0 Å². The van der Waals surface area contributed by atoms with Crippen LogP contribution in [0.1, 0.15) is 27.7 Å². The molecule has 3 aromatic rings. The molecule has 2 aliphatic rings. The summed E-state index contributed by atoms with van der Waals surface area (Å²) in [6, 6.07) is 22.9. The molecule has 0 bridgehead atoms. The van der Waals surface area contributed by atoms with Crippen LogP contribution < -0.4 is 4.74 Å². The van der Waals surface area contributed by atoms with Crippen LogP contribution in [0.25, 0.3) is 0 Å². The van der Waals surface area contributed by atoms with Gasteiger partial charge in [0.25, 0.3) is 5.91 Å². The predicted molar refractivity (Wildman–Crippen MR) is 112 cm³/mol. The molecule has 1 saturated heterocycles. The predicted octanol–water partition coefficient (Wildman–Crippen LogP) is 3.58. The van der Waals surface area contributed by atoms with Crippen molar-refractivity contribution in [2.24, 2.45) is 0 Å². The third-order valence-corrected chi connectivity index (χ3v) is 6.11. The molecule has 148 valence electrons. The van der Waals surface area contributed by atoms with Crippen LogP contribution in [0.15, 0.2) is 72.9 Å². The summed E-state index contributed by atoms with van der Waals surface area (Å²) in [5.74, 6) is 1.01. The zero-order valence-corrected chi connectivity index (χ0v) is 16.6. The Morgan fingerprint density at radius 3 is 2.34 bits per heavy atom. The van der Waals surface area contributed by atoms with E-state index < -0.39 is 0 Å². The molecule has 5 heteroatoms. The van der Waals surface area contributed by atoms with Gasteiger partial charge in [0, 0.05) is 32.4 Å². The van der Waals surface area contributed by atoms with E-state index in [4.69, 9.17) is 4.74 Å². The minimum atomic E-state index is 0.131. The Morgan fingerprint density at radius 1 is 0.862 bits per heavy atom. The van der Waals surface area contributed by atoms with Gasteiger partial charge in [-0.2, -0.15) is 0 Å². The molecule has 2 aromatic carbocycles. The van der Waals surface area contributed by atoms with Gasteiger partial charge in [-0.1, -0.05) is 42.5 Å². The van der Waals surface area contributed by atoms with Gasteiger partial charge in [0.15, 0.2) is 0 Å². The number of fused-ring (bicyclic) bond motifs is 3. The summed E-state index contributed by atoms with van der Waals surface area (Å²) >= 11 is 0. The number of nitrogens with zero attached hydrogens (tertiary/aromatic N) is 3. The van der Waals surface area contributed by atoms with Crippen LogP contribution in [-0.4, -0.2) is 46.5 Å². The topological polar surface area (TPSA) is 37.7 Å². The third-order valence-electron chi connectivity index (χ3n) is 6.11. The molecular weight excluding hydrogens is 362 g/mol. The third kappa shape index (κ3) is 3.32. The van der Waals surface area contributed by atoms with E-state index in [0.29, 0.717) is 12.6 Å². The van der Waals surface area contributed by atoms with Crippen molar-refractivity contribution in [1.82, 2.24) is 14.4 Å². The number of carbonyl (C=O) groups is 1. The number of hydrogen-bond donors (Lipinski definition) is 0. The highest BCUT2D eigenvalue weighted by molar-refractivity contribution is 5.94. The molecule has 5 rings (SSSR count). The average molecular weight is 387 g/mol. The fourth-order valence-electron chi connectivity index (χ4n) is 4.68. The Bertz CT molecular complexity index is 996. The molecule has 29 heavy (non-hydrogen) atoms. The highest BCUT2D eigenvalue weighted by Crippen LogP contribution is 2.35. The number of aromatic nitrogens is 1. The lowest BCUT2D eigenvalue weighted by atomic mass is 10.0. The molecule has 0 spiro atoms. The first-order valence-corrected chi connectivity index (χ1v) is 10.1. The summed E-state index contributed by atoms with van der Waals surface area (Å²) in [5.41, 5.74) is 3.24. The molecule has 3 heterocycles. The van der Waals surface area contributed by atoms with Crippen LogP contribution in [0, 0.1) is 0 Å². The molecule has 1 fully saturated rings. The second-order valence-electron chi connectivity index (χ2n) is 7.90. The minimum absolute atomic E-state index is 0.131. The molecule has 2 atom stereocenters. The quantitative estimate of drug-likeness (QED) is 0.672. The Balaban J connectivity index is 1.40. The maximum absolute atomic E-state index is 13.2. The maximum atomic E-state index is 13.2. The zero-order chi connectivity index (χ0) is 19.8. The van der Waals surface area contributed by atoms with E-state index in [2.05, 4.69) is 44.8 Å². The van der Waals surface area contributed by atoms with E-state index in [0.717, 1.165) is 31.1 Å². The molecule has 1 amide bonds. The Hall–Kier alpha value is -3.05. The number of hydrogen-bond acceptors (Lipinski definition) is 3. The number of ether oxygens (including phenoxy) is 1. The summed E-state index contributed by atoms with van der Waals surface area (Å²) in [7, 11) is 1.69. The van der Waals surface area contributed by atoms with Gasteiger partial charge >= 0.3 is 0 Å². The van der Waals surface area contributed by atoms with E-state index in [9.17, 15) is 4.79 Å². The number of amides is 1. The summed E-state index contributed by atoms with van der Waals surface area (Å²) in [4.78, 5) is 17.8. The van der Waals surface area contributed by atoms with E-state index >= 15 is 0 Å². The Labute approximate surface area is 171 Å². The first-order valence-electron chi connectivity index (χ1n) is 10.1. The van der Waals surface area contributed by atoms with Crippen molar-refractivity contribution >= 4 is 5.91 Å². The van der Waals surface area contributed by atoms with Gasteiger partial charge in [0.1, 0.15) is 11.4 Å². The minimum Gasteiger partial charge on any atom is -0.497 e. The summed E-state index contributed by atoms with van der Waals surface area (Å²) < 4.78 is 7.45.